The summed E-state index contributed by atoms with van der Waals surface area (Å²) >= 11 is 0. The molecule has 1 fully saturated rings. The third-order valence-corrected chi connectivity index (χ3v) is 4.96. The zero-order chi connectivity index (χ0) is 16.8. The number of hydrogen-bond acceptors (Lipinski definition) is 5. The number of ether oxygens (including phenoxy) is 1. The van der Waals surface area contributed by atoms with Gasteiger partial charge in [0.05, 0.1) is 37.0 Å². The van der Waals surface area contributed by atoms with Crippen molar-refractivity contribution in [2.75, 3.05) is 13.1 Å². The first kappa shape index (κ1) is 14.8. The molecule has 128 valence electrons. The first-order valence-electron chi connectivity index (χ1n) is 8.33. The van der Waals surface area contributed by atoms with Crippen LogP contribution in [0, 0.1) is 5.82 Å². The molecule has 2 aromatic heterocycles. The fourth-order valence-corrected chi connectivity index (χ4v) is 3.73. The molecule has 1 saturated heterocycles. The third-order valence-electron chi connectivity index (χ3n) is 4.96. The molecule has 3 aromatic rings. The van der Waals surface area contributed by atoms with Crippen molar-refractivity contribution >= 4 is 0 Å². The van der Waals surface area contributed by atoms with Gasteiger partial charge in [0, 0.05) is 30.8 Å². The van der Waals surface area contributed by atoms with Crippen LogP contribution in [0.15, 0.2) is 47.3 Å². The molecule has 0 saturated carbocycles. The molecule has 4 heterocycles. The lowest BCUT2D eigenvalue weighted by Gasteiger charge is -2.26. The van der Waals surface area contributed by atoms with Gasteiger partial charge in [0.25, 0.3) is 0 Å². The Hall–Kier alpha value is -2.51. The van der Waals surface area contributed by atoms with Gasteiger partial charge in [-0.1, -0.05) is 5.21 Å². The minimum absolute atomic E-state index is 0.113. The quantitative estimate of drug-likeness (QED) is 0.734. The molecule has 0 radical (unpaired) electrons. The van der Waals surface area contributed by atoms with Crippen LogP contribution >= 0.6 is 0 Å². The van der Waals surface area contributed by atoms with E-state index in [0.29, 0.717) is 6.61 Å². The summed E-state index contributed by atoms with van der Waals surface area (Å²) in [4.78, 5) is 2.34. The van der Waals surface area contributed by atoms with Crippen molar-refractivity contribution < 1.29 is 13.5 Å². The Morgan fingerprint density at radius 2 is 2.04 bits per heavy atom. The lowest BCUT2D eigenvalue weighted by Crippen LogP contribution is -2.32. The molecule has 0 N–H and O–H groups in total. The van der Waals surface area contributed by atoms with E-state index in [4.69, 9.17) is 9.15 Å². The number of hydrogen-bond donors (Lipinski definition) is 0. The van der Waals surface area contributed by atoms with Gasteiger partial charge >= 0.3 is 0 Å². The molecule has 0 spiro atoms. The second-order valence-electron chi connectivity index (χ2n) is 6.58. The molecule has 6 nitrogen and oxygen atoms in total. The topological polar surface area (TPSA) is 56.3 Å². The van der Waals surface area contributed by atoms with Crippen LogP contribution in [0.5, 0.6) is 0 Å². The SMILES string of the molecule is Fc1ccc(-c2nnn3c2CO[C@@H]2CN(Cc4ccoc4)C[C@H]23)cc1. The van der Waals surface area contributed by atoms with Crippen molar-refractivity contribution in [1.82, 2.24) is 19.9 Å². The van der Waals surface area contributed by atoms with Gasteiger partial charge < -0.3 is 9.15 Å². The average Bonchev–Trinajstić information content (AvgIpc) is 3.33. The van der Waals surface area contributed by atoms with Crippen LogP contribution in [-0.2, 0) is 17.9 Å². The van der Waals surface area contributed by atoms with Gasteiger partial charge in [0.1, 0.15) is 11.5 Å². The number of aromatic nitrogens is 3. The van der Waals surface area contributed by atoms with Crippen molar-refractivity contribution in [3.05, 3.63) is 59.9 Å². The zero-order valence-corrected chi connectivity index (χ0v) is 13.5. The molecule has 2 atom stereocenters. The number of furan rings is 1. The van der Waals surface area contributed by atoms with Crippen LogP contribution in [0.25, 0.3) is 11.3 Å². The third kappa shape index (κ3) is 2.56. The van der Waals surface area contributed by atoms with Crippen LogP contribution in [0.2, 0.25) is 0 Å². The van der Waals surface area contributed by atoms with Crippen LogP contribution in [0.3, 0.4) is 0 Å². The highest BCUT2D eigenvalue weighted by molar-refractivity contribution is 5.61. The van der Waals surface area contributed by atoms with Crippen molar-refractivity contribution in [3.63, 3.8) is 0 Å². The zero-order valence-electron chi connectivity index (χ0n) is 13.5. The maximum Gasteiger partial charge on any atom is 0.123 e. The van der Waals surface area contributed by atoms with E-state index in [9.17, 15) is 4.39 Å². The molecule has 0 amide bonds. The molecular formula is C18H17FN4O2. The Bertz CT molecular complexity index is 875. The Morgan fingerprint density at radius 3 is 2.84 bits per heavy atom. The maximum absolute atomic E-state index is 13.2. The van der Waals surface area contributed by atoms with Gasteiger partial charge in [0.2, 0.25) is 0 Å². The first-order valence-corrected chi connectivity index (χ1v) is 8.33. The summed E-state index contributed by atoms with van der Waals surface area (Å²) in [7, 11) is 0. The molecule has 2 aliphatic heterocycles. The van der Waals surface area contributed by atoms with Gasteiger partial charge in [-0.3, -0.25) is 4.90 Å². The van der Waals surface area contributed by atoms with Crippen molar-refractivity contribution in [2.24, 2.45) is 0 Å². The fourth-order valence-electron chi connectivity index (χ4n) is 3.73. The van der Waals surface area contributed by atoms with Gasteiger partial charge in [0.15, 0.2) is 0 Å². The fraction of sp³-hybridized carbons (Fsp3) is 0.333. The van der Waals surface area contributed by atoms with Crippen molar-refractivity contribution in [2.45, 2.75) is 25.3 Å². The molecule has 0 unspecified atom stereocenters. The summed E-state index contributed by atoms with van der Waals surface area (Å²) < 4.78 is 26.4. The van der Waals surface area contributed by atoms with Crippen LogP contribution in [0.1, 0.15) is 17.3 Å². The van der Waals surface area contributed by atoms with Gasteiger partial charge in [-0.2, -0.15) is 0 Å². The number of benzene rings is 1. The highest BCUT2D eigenvalue weighted by Gasteiger charge is 2.40. The summed E-state index contributed by atoms with van der Waals surface area (Å²) in [6, 6.07) is 8.47. The lowest BCUT2D eigenvalue weighted by atomic mass is 10.1. The van der Waals surface area contributed by atoms with E-state index in [2.05, 4.69) is 15.2 Å². The second-order valence-corrected chi connectivity index (χ2v) is 6.58. The molecular weight excluding hydrogens is 323 g/mol. The number of fused-ring (bicyclic) bond motifs is 3. The summed E-state index contributed by atoms with van der Waals surface area (Å²) in [5, 5.41) is 8.71. The van der Waals surface area contributed by atoms with Crippen molar-refractivity contribution in [3.8, 4) is 11.3 Å². The highest BCUT2D eigenvalue weighted by atomic mass is 19.1. The monoisotopic (exact) mass is 340 g/mol. The Kier molecular flexibility index (Phi) is 3.43. The second kappa shape index (κ2) is 5.79. The molecule has 0 aliphatic carbocycles. The van der Waals surface area contributed by atoms with E-state index in [1.807, 2.05) is 10.7 Å². The van der Waals surface area contributed by atoms with Crippen LogP contribution in [-0.4, -0.2) is 39.1 Å². The molecule has 7 heteroatoms. The summed E-state index contributed by atoms with van der Waals surface area (Å²) in [5.74, 6) is -0.258. The standard InChI is InChI=1S/C18H17FN4O2/c19-14-3-1-13(2-4-14)18-16-11-25-17-9-22(7-12-5-6-24-10-12)8-15(17)23(16)21-20-18/h1-6,10,15,17H,7-9,11H2/t15-,17-/m1/s1. The lowest BCUT2D eigenvalue weighted by molar-refractivity contribution is -0.00494. The van der Waals surface area contributed by atoms with Gasteiger partial charge in [-0.25, -0.2) is 9.07 Å². The first-order chi connectivity index (χ1) is 12.3. The van der Waals surface area contributed by atoms with E-state index < -0.39 is 0 Å². The molecule has 25 heavy (non-hydrogen) atoms. The molecule has 0 bridgehead atoms. The number of nitrogens with zero attached hydrogens (tertiary/aromatic N) is 4. The van der Waals surface area contributed by atoms with E-state index in [1.54, 1.807) is 24.7 Å². The Labute approximate surface area is 143 Å². The van der Waals surface area contributed by atoms with Crippen LogP contribution in [0.4, 0.5) is 4.39 Å². The summed E-state index contributed by atoms with van der Waals surface area (Å²) in [6.45, 7) is 3.03. The molecule has 2 aliphatic rings. The van der Waals surface area contributed by atoms with E-state index in [-0.39, 0.29) is 18.0 Å². The van der Waals surface area contributed by atoms with Gasteiger partial charge in [-0.15, -0.1) is 5.10 Å². The van der Waals surface area contributed by atoms with E-state index >= 15 is 0 Å². The number of likely N-dealkylation sites (tertiary alicyclic amines) is 1. The predicted molar refractivity (Wildman–Crippen MR) is 87.0 cm³/mol. The molecule has 1 aromatic carbocycles. The average molecular weight is 340 g/mol. The van der Waals surface area contributed by atoms with Crippen molar-refractivity contribution in [1.29, 1.82) is 0 Å². The Morgan fingerprint density at radius 1 is 1.16 bits per heavy atom. The number of rotatable bonds is 3. The van der Waals surface area contributed by atoms with Crippen LogP contribution < -0.4 is 0 Å². The summed E-state index contributed by atoms with van der Waals surface area (Å²) in [6.07, 6.45) is 3.58. The smallest absolute Gasteiger partial charge is 0.123 e. The minimum atomic E-state index is -0.258. The minimum Gasteiger partial charge on any atom is -0.472 e. The Balaban J connectivity index is 1.41. The maximum atomic E-state index is 13.2. The normalized spacial score (nSPS) is 22.8. The largest absolute Gasteiger partial charge is 0.472 e. The predicted octanol–water partition coefficient (Wildman–Crippen LogP) is 2.63. The van der Waals surface area contributed by atoms with E-state index in [0.717, 1.165) is 42.1 Å². The van der Waals surface area contributed by atoms with Gasteiger partial charge in [-0.05, 0) is 30.3 Å². The number of halogens is 1. The summed E-state index contributed by atoms with van der Waals surface area (Å²) in [5.41, 5.74) is 3.74. The highest BCUT2D eigenvalue weighted by Crippen LogP contribution is 2.34. The van der Waals surface area contributed by atoms with E-state index in [1.165, 1.54) is 12.1 Å². The molecule has 5 rings (SSSR count).